The van der Waals surface area contributed by atoms with E-state index in [9.17, 15) is 4.79 Å². The van der Waals surface area contributed by atoms with E-state index in [4.69, 9.17) is 19.2 Å². The third kappa shape index (κ3) is 6.17. The van der Waals surface area contributed by atoms with Gasteiger partial charge in [0.15, 0.2) is 4.96 Å². The van der Waals surface area contributed by atoms with Crippen molar-refractivity contribution in [1.29, 1.82) is 0 Å². The Morgan fingerprint density at radius 1 is 1.17 bits per heavy atom. The minimum atomic E-state index is -0.132. The maximum Gasteiger partial charge on any atom is 0.224 e. The van der Waals surface area contributed by atoms with Crippen molar-refractivity contribution in [2.45, 2.75) is 52.0 Å². The van der Waals surface area contributed by atoms with Gasteiger partial charge in [0.05, 0.1) is 37.2 Å². The van der Waals surface area contributed by atoms with Crippen molar-refractivity contribution in [1.82, 2.24) is 29.4 Å². The van der Waals surface area contributed by atoms with E-state index >= 15 is 0 Å². The van der Waals surface area contributed by atoms with Crippen LogP contribution in [0.25, 0.3) is 26.6 Å². The summed E-state index contributed by atoms with van der Waals surface area (Å²) in [4.78, 5) is 30.9. The fourth-order valence-corrected chi connectivity index (χ4v) is 5.91. The van der Waals surface area contributed by atoms with Crippen molar-refractivity contribution in [3.05, 3.63) is 59.7 Å². The Labute approximate surface area is 242 Å². The molecule has 1 atom stereocenters. The molecule has 0 unspecified atom stereocenters. The highest BCUT2D eigenvalue weighted by molar-refractivity contribution is 7.23. The molecule has 1 aliphatic rings. The number of nitrogens with one attached hydrogen (secondary N) is 1. The predicted octanol–water partition coefficient (Wildman–Crippen LogP) is 4.78. The van der Waals surface area contributed by atoms with Gasteiger partial charge in [0, 0.05) is 55.3 Å². The average Bonchev–Trinajstić information content (AvgIpc) is 3.65. The number of benzene rings is 1. The van der Waals surface area contributed by atoms with Crippen LogP contribution in [-0.4, -0.2) is 74.1 Å². The Morgan fingerprint density at radius 3 is 2.76 bits per heavy atom. The monoisotopic (exact) mass is 573 g/mol. The number of carbonyl (C=O) groups is 1. The number of rotatable bonds is 9. The first-order valence-corrected chi connectivity index (χ1v) is 14.8. The van der Waals surface area contributed by atoms with Gasteiger partial charge in [-0.15, -0.1) is 0 Å². The zero-order valence-corrected chi connectivity index (χ0v) is 24.7. The molecule has 0 spiro atoms. The Morgan fingerprint density at radius 2 is 2.00 bits per heavy atom. The first-order chi connectivity index (χ1) is 19.7. The van der Waals surface area contributed by atoms with Crippen LogP contribution in [0.15, 0.2) is 47.2 Å². The van der Waals surface area contributed by atoms with Gasteiger partial charge in [-0.3, -0.25) is 14.1 Å². The van der Waals surface area contributed by atoms with Crippen LogP contribution in [0.1, 0.15) is 44.7 Å². The minimum Gasteiger partial charge on any atom is -0.379 e. The molecular weight excluding hydrogens is 538 g/mol. The van der Waals surface area contributed by atoms with E-state index in [0.717, 1.165) is 70.7 Å². The number of hydrogen-bond donors (Lipinski definition) is 1. The number of hydrogen-bond acceptors (Lipinski definition) is 10. The van der Waals surface area contributed by atoms with Crippen molar-refractivity contribution in [2.24, 2.45) is 0 Å². The summed E-state index contributed by atoms with van der Waals surface area (Å²) < 4.78 is 13.0. The molecule has 1 aliphatic heterocycles. The maximum atomic E-state index is 12.7. The molecule has 0 bridgehead atoms. The lowest BCUT2D eigenvalue weighted by Gasteiger charge is -2.33. The normalized spacial score (nSPS) is 16.5. The number of anilines is 1. The van der Waals surface area contributed by atoms with Crippen LogP contribution >= 0.6 is 11.3 Å². The molecule has 4 aromatic heterocycles. The smallest absolute Gasteiger partial charge is 0.224 e. The van der Waals surface area contributed by atoms with Crippen LogP contribution in [0.3, 0.4) is 0 Å². The highest BCUT2D eigenvalue weighted by atomic mass is 32.1. The molecule has 0 radical (unpaired) electrons. The van der Waals surface area contributed by atoms with E-state index in [1.54, 1.807) is 11.3 Å². The molecule has 0 amide bonds. The molecule has 5 aromatic rings. The number of fused-ring (bicyclic) bond motifs is 3. The molecule has 11 heteroatoms. The lowest BCUT2D eigenvalue weighted by atomic mass is 9.93. The Kier molecular flexibility index (Phi) is 7.58. The lowest BCUT2D eigenvalue weighted by molar-refractivity contribution is -0.117. The summed E-state index contributed by atoms with van der Waals surface area (Å²) in [5.74, 6) is 1.52. The highest BCUT2D eigenvalue weighted by Crippen LogP contribution is 2.29. The molecule has 1 saturated heterocycles. The quantitative estimate of drug-likeness (QED) is 0.266. The molecule has 6 rings (SSSR count). The molecule has 1 aromatic carbocycles. The van der Waals surface area contributed by atoms with Gasteiger partial charge >= 0.3 is 0 Å². The number of aromatic nitrogens is 5. The Balaban J connectivity index is 1.08. The first kappa shape index (κ1) is 27.5. The van der Waals surface area contributed by atoms with Gasteiger partial charge in [-0.2, -0.15) is 0 Å². The number of imidazole rings is 1. The van der Waals surface area contributed by atoms with Crippen molar-refractivity contribution < 1.29 is 14.1 Å². The summed E-state index contributed by atoms with van der Waals surface area (Å²) in [5, 5.41) is 7.43. The van der Waals surface area contributed by atoms with Gasteiger partial charge in [-0.05, 0) is 12.5 Å². The van der Waals surface area contributed by atoms with E-state index in [1.807, 2.05) is 47.1 Å². The number of ketones is 1. The topological polar surface area (TPSA) is 111 Å². The van der Waals surface area contributed by atoms with E-state index in [2.05, 4.69) is 48.1 Å². The van der Waals surface area contributed by atoms with Gasteiger partial charge in [0.2, 0.25) is 5.95 Å². The second kappa shape index (κ2) is 11.3. The van der Waals surface area contributed by atoms with E-state index in [0.29, 0.717) is 24.1 Å². The first-order valence-electron chi connectivity index (χ1n) is 14.0. The largest absolute Gasteiger partial charge is 0.379 e. The van der Waals surface area contributed by atoms with Crippen LogP contribution in [0.5, 0.6) is 0 Å². The number of Topliss-reactive ketones (excluding diaryl/α,β-unsaturated/α-hetero) is 1. The second-order valence-electron chi connectivity index (χ2n) is 11.7. The summed E-state index contributed by atoms with van der Waals surface area (Å²) in [6, 6.07) is 10.3. The highest BCUT2D eigenvalue weighted by Gasteiger charge is 2.21. The summed E-state index contributed by atoms with van der Waals surface area (Å²) in [7, 11) is 0. The molecule has 41 heavy (non-hydrogen) atoms. The van der Waals surface area contributed by atoms with E-state index in [1.165, 1.54) is 0 Å². The van der Waals surface area contributed by atoms with Gasteiger partial charge in [-0.25, -0.2) is 15.0 Å². The van der Waals surface area contributed by atoms with Crippen LogP contribution in [0, 0.1) is 0 Å². The fourth-order valence-electron chi connectivity index (χ4n) is 4.96. The van der Waals surface area contributed by atoms with Crippen LogP contribution in [-0.2, 0) is 27.8 Å². The maximum absolute atomic E-state index is 12.7. The van der Waals surface area contributed by atoms with Gasteiger partial charge in [0.25, 0.3) is 0 Å². The Bertz CT molecular complexity index is 1670. The number of thiazole rings is 1. The zero-order valence-electron chi connectivity index (χ0n) is 23.9. The van der Waals surface area contributed by atoms with Crippen molar-refractivity contribution in [3.8, 4) is 11.3 Å². The van der Waals surface area contributed by atoms with Gasteiger partial charge in [0.1, 0.15) is 21.9 Å². The molecular formula is C30H35N7O3S. The van der Waals surface area contributed by atoms with Crippen molar-refractivity contribution in [3.63, 3.8) is 0 Å². The summed E-state index contributed by atoms with van der Waals surface area (Å²) in [5.41, 5.74) is 4.30. The lowest BCUT2D eigenvalue weighted by Crippen LogP contribution is -2.45. The fraction of sp³-hybridized carbons (Fsp3) is 0.433. The predicted molar refractivity (Wildman–Crippen MR) is 160 cm³/mol. The van der Waals surface area contributed by atoms with Crippen molar-refractivity contribution >= 4 is 38.4 Å². The molecule has 0 saturated carbocycles. The summed E-state index contributed by atoms with van der Waals surface area (Å²) >= 11 is 1.54. The third-order valence-corrected chi connectivity index (χ3v) is 8.34. The number of carbonyl (C=O) groups excluding carboxylic acids is 1. The third-order valence-electron chi connectivity index (χ3n) is 7.37. The summed E-state index contributed by atoms with van der Waals surface area (Å²) in [6.07, 6.45) is 4.48. The second-order valence-corrected chi connectivity index (χ2v) is 12.6. The molecule has 0 aliphatic carbocycles. The van der Waals surface area contributed by atoms with Crippen LogP contribution in [0.2, 0.25) is 0 Å². The molecule has 5 heterocycles. The standard InChI is InChI=1S/C30H35N7O3S/c1-19-18-39-12-11-36(19)10-9-31-28-32-16-25-27(34-28)41-29-33-24(17-37(25)29)21-7-5-20(6-8-21)13-23(38)14-22-15-26(40-35-22)30(2,3)4/h5-8,15-17,19H,9-14,18H2,1-4H3,(H,31,32,34)/t19-/m0/s1. The number of ether oxygens (including phenoxy) is 1. The number of nitrogens with zero attached hydrogens (tertiary/aromatic N) is 6. The van der Waals surface area contributed by atoms with Crippen LogP contribution in [0.4, 0.5) is 5.95 Å². The van der Waals surface area contributed by atoms with E-state index < -0.39 is 0 Å². The molecule has 1 N–H and O–H groups in total. The average molecular weight is 574 g/mol. The SMILES string of the molecule is C[C@H]1COCCN1CCNc1ncc2c(n1)sc1nc(-c3ccc(CC(=O)Cc4cc(C(C)(C)C)on4)cc3)cn12. The van der Waals surface area contributed by atoms with E-state index in [-0.39, 0.29) is 17.6 Å². The summed E-state index contributed by atoms with van der Waals surface area (Å²) in [6.45, 7) is 12.6. The molecule has 1 fully saturated rings. The van der Waals surface area contributed by atoms with Crippen molar-refractivity contribution in [2.75, 3.05) is 38.2 Å². The van der Waals surface area contributed by atoms with Crippen LogP contribution < -0.4 is 5.32 Å². The number of morpholine rings is 1. The molecule has 214 valence electrons. The minimum absolute atomic E-state index is 0.102. The Hall–Kier alpha value is -3.67. The van der Waals surface area contributed by atoms with Gasteiger partial charge < -0.3 is 14.6 Å². The zero-order chi connectivity index (χ0) is 28.6. The van der Waals surface area contributed by atoms with Gasteiger partial charge in [-0.1, -0.05) is 61.5 Å². The molecule has 10 nitrogen and oxygen atoms in total.